The Balaban J connectivity index is 1.19. The quantitative estimate of drug-likeness (QED) is 0.317. The zero-order valence-electron chi connectivity index (χ0n) is 21.0. The lowest BCUT2D eigenvalue weighted by molar-refractivity contribution is -0.137. The van der Waals surface area contributed by atoms with Gasteiger partial charge in [0.1, 0.15) is 5.75 Å². The van der Waals surface area contributed by atoms with Crippen LogP contribution in [0.3, 0.4) is 0 Å². The van der Waals surface area contributed by atoms with Crippen LogP contribution in [-0.2, 0) is 6.18 Å². The molecule has 2 heterocycles. The third kappa shape index (κ3) is 6.40. The first kappa shape index (κ1) is 26.3. The van der Waals surface area contributed by atoms with Gasteiger partial charge in [-0.1, -0.05) is 12.8 Å². The SMILES string of the molecule is FCOc1ccc(-c2cnc(N[C@@H]3CCCC[C@H]3N[C@H]3CCCN(c4ccc(C(F)(F)F)cc4)C3)o2)cc1. The number of hydrogen-bond acceptors (Lipinski definition) is 6. The number of halogens is 4. The molecule has 0 spiro atoms. The van der Waals surface area contributed by atoms with Crippen LogP contribution in [0.25, 0.3) is 11.3 Å². The van der Waals surface area contributed by atoms with Gasteiger partial charge in [-0.2, -0.15) is 13.2 Å². The maximum absolute atomic E-state index is 12.9. The minimum Gasteiger partial charge on any atom is -0.463 e. The fourth-order valence-corrected chi connectivity index (χ4v) is 5.43. The van der Waals surface area contributed by atoms with E-state index in [1.807, 2.05) is 0 Å². The van der Waals surface area contributed by atoms with Crippen molar-refractivity contribution in [1.82, 2.24) is 10.3 Å². The largest absolute Gasteiger partial charge is 0.463 e. The first-order valence-electron chi connectivity index (χ1n) is 13.1. The first-order chi connectivity index (χ1) is 18.4. The van der Waals surface area contributed by atoms with Crippen LogP contribution in [0.15, 0.2) is 59.1 Å². The van der Waals surface area contributed by atoms with Crippen molar-refractivity contribution < 1.29 is 26.7 Å². The lowest BCUT2D eigenvalue weighted by Gasteiger charge is -2.40. The van der Waals surface area contributed by atoms with E-state index in [9.17, 15) is 17.6 Å². The number of anilines is 2. The van der Waals surface area contributed by atoms with Crippen LogP contribution < -0.4 is 20.3 Å². The molecule has 1 saturated carbocycles. The highest BCUT2D eigenvalue weighted by Gasteiger charge is 2.32. The number of hydrogen-bond donors (Lipinski definition) is 2. The highest BCUT2D eigenvalue weighted by Crippen LogP contribution is 2.32. The van der Waals surface area contributed by atoms with E-state index in [-0.39, 0.29) is 18.1 Å². The minimum atomic E-state index is -4.33. The zero-order valence-corrected chi connectivity index (χ0v) is 21.0. The van der Waals surface area contributed by atoms with Gasteiger partial charge in [0.05, 0.1) is 11.8 Å². The van der Waals surface area contributed by atoms with Crippen molar-refractivity contribution in [1.29, 1.82) is 0 Å². The lowest BCUT2D eigenvalue weighted by atomic mass is 9.89. The molecule has 5 rings (SSSR count). The molecule has 1 aromatic heterocycles. The van der Waals surface area contributed by atoms with Crippen molar-refractivity contribution in [2.24, 2.45) is 0 Å². The summed E-state index contributed by atoms with van der Waals surface area (Å²) in [6, 6.07) is 13.5. The number of benzene rings is 2. The number of alkyl halides is 4. The number of nitrogens with zero attached hydrogens (tertiary/aromatic N) is 2. The standard InChI is InChI=1S/C28H32F4N4O2/c29-18-37-23-13-7-19(8-14-23)26-16-33-27(38-26)35-25-6-2-1-5-24(25)34-21-4-3-15-36(17-21)22-11-9-20(10-12-22)28(30,31)32/h7-14,16,21,24-25,34H,1-6,15,17-18H2,(H,33,35)/t21-,24+,25+/m0/s1. The summed E-state index contributed by atoms with van der Waals surface area (Å²) >= 11 is 0. The molecule has 2 aromatic carbocycles. The normalized spacial score (nSPS) is 22.3. The van der Waals surface area contributed by atoms with Crippen molar-refractivity contribution in [3.8, 4) is 17.1 Å². The van der Waals surface area contributed by atoms with Crippen molar-refractivity contribution in [2.75, 3.05) is 30.2 Å². The van der Waals surface area contributed by atoms with Crippen LogP contribution in [0, 0.1) is 0 Å². The Morgan fingerprint density at radius 1 is 0.947 bits per heavy atom. The van der Waals surface area contributed by atoms with E-state index in [1.165, 1.54) is 0 Å². The Labute approximate surface area is 219 Å². The van der Waals surface area contributed by atoms with Crippen LogP contribution in [0.4, 0.5) is 29.3 Å². The second-order valence-electron chi connectivity index (χ2n) is 9.95. The summed E-state index contributed by atoms with van der Waals surface area (Å²) in [6.45, 7) is 0.704. The summed E-state index contributed by atoms with van der Waals surface area (Å²) in [7, 11) is 0. The first-order valence-corrected chi connectivity index (χ1v) is 13.1. The van der Waals surface area contributed by atoms with Crippen LogP contribution in [-0.4, -0.2) is 43.1 Å². The molecule has 1 aliphatic heterocycles. The van der Waals surface area contributed by atoms with Gasteiger partial charge >= 0.3 is 6.18 Å². The van der Waals surface area contributed by atoms with Crippen LogP contribution in [0.2, 0.25) is 0 Å². The molecule has 10 heteroatoms. The van der Waals surface area contributed by atoms with Gasteiger partial charge in [-0.15, -0.1) is 0 Å². The van der Waals surface area contributed by atoms with E-state index in [1.54, 1.807) is 42.6 Å². The Morgan fingerprint density at radius 2 is 1.68 bits per heavy atom. The molecule has 0 amide bonds. The molecule has 6 nitrogen and oxygen atoms in total. The smallest absolute Gasteiger partial charge is 0.416 e. The summed E-state index contributed by atoms with van der Waals surface area (Å²) in [5.74, 6) is 1.06. The highest BCUT2D eigenvalue weighted by molar-refractivity contribution is 5.58. The van der Waals surface area contributed by atoms with E-state index in [4.69, 9.17) is 9.15 Å². The topological polar surface area (TPSA) is 62.6 Å². The monoisotopic (exact) mass is 532 g/mol. The molecule has 204 valence electrons. The van der Waals surface area contributed by atoms with Crippen LogP contribution >= 0.6 is 0 Å². The molecule has 1 aliphatic carbocycles. The van der Waals surface area contributed by atoms with Gasteiger partial charge in [0.25, 0.3) is 6.01 Å². The average molecular weight is 533 g/mol. The molecular weight excluding hydrogens is 500 g/mol. The summed E-state index contributed by atoms with van der Waals surface area (Å²) in [4.78, 5) is 6.58. The number of rotatable bonds is 8. The van der Waals surface area contributed by atoms with E-state index in [0.29, 0.717) is 17.5 Å². The van der Waals surface area contributed by atoms with Crippen LogP contribution in [0.5, 0.6) is 5.75 Å². The number of piperidine rings is 1. The van der Waals surface area contributed by atoms with Crippen molar-refractivity contribution in [2.45, 2.75) is 62.8 Å². The van der Waals surface area contributed by atoms with Gasteiger partial charge in [-0.3, -0.25) is 0 Å². The van der Waals surface area contributed by atoms with Gasteiger partial charge in [-0.05, 0) is 74.2 Å². The van der Waals surface area contributed by atoms with E-state index >= 15 is 0 Å². The van der Waals surface area contributed by atoms with Gasteiger partial charge in [0, 0.05) is 42.5 Å². The minimum absolute atomic E-state index is 0.150. The fourth-order valence-electron chi connectivity index (χ4n) is 5.43. The Morgan fingerprint density at radius 3 is 2.39 bits per heavy atom. The molecule has 2 N–H and O–H groups in total. The van der Waals surface area contributed by atoms with Gasteiger partial charge in [-0.25, -0.2) is 9.37 Å². The molecule has 0 unspecified atom stereocenters. The van der Waals surface area contributed by atoms with Gasteiger partial charge in [0.2, 0.25) is 6.86 Å². The highest BCUT2D eigenvalue weighted by atomic mass is 19.4. The molecule has 2 aliphatic rings. The van der Waals surface area contributed by atoms with Crippen molar-refractivity contribution in [3.63, 3.8) is 0 Å². The van der Waals surface area contributed by atoms with Gasteiger partial charge < -0.3 is 24.7 Å². The summed E-state index contributed by atoms with van der Waals surface area (Å²) in [5, 5.41) is 7.29. The molecule has 1 saturated heterocycles. The van der Waals surface area contributed by atoms with Crippen LogP contribution in [0.1, 0.15) is 44.1 Å². The lowest BCUT2D eigenvalue weighted by Crippen LogP contribution is -2.54. The van der Waals surface area contributed by atoms with E-state index < -0.39 is 18.6 Å². The van der Waals surface area contributed by atoms with Crippen molar-refractivity contribution in [3.05, 3.63) is 60.3 Å². The van der Waals surface area contributed by atoms with Gasteiger partial charge in [0.15, 0.2) is 5.76 Å². The number of aromatic nitrogens is 1. The third-order valence-electron chi connectivity index (χ3n) is 7.37. The molecular formula is C28H32F4N4O2. The number of ether oxygens (including phenoxy) is 1. The third-order valence-corrected chi connectivity index (χ3v) is 7.37. The van der Waals surface area contributed by atoms with E-state index in [0.717, 1.165) is 75.0 Å². The molecule has 3 atom stereocenters. The Hall–Kier alpha value is -3.27. The summed E-state index contributed by atoms with van der Waals surface area (Å²) < 4.78 is 62.0. The molecule has 38 heavy (non-hydrogen) atoms. The molecule has 2 fully saturated rings. The van der Waals surface area contributed by atoms with Crippen molar-refractivity contribution >= 4 is 11.7 Å². The Bertz CT molecular complexity index is 1170. The maximum atomic E-state index is 12.9. The summed E-state index contributed by atoms with van der Waals surface area (Å²) in [5.41, 5.74) is 1.02. The van der Waals surface area contributed by atoms with E-state index in [2.05, 4.69) is 20.5 Å². The second kappa shape index (κ2) is 11.6. The Kier molecular flexibility index (Phi) is 8.06. The summed E-state index contributed by atoms with van der Waals surface area (Å²) in [6.07, 6.45) is 3.59. The zero-order chi connectivity index (χ0) is 26.5. The number of oxazole rings is 1. The predicted molar refractivity (Wildman–Crippen MR) is 138 cm³/mol. The molecule has 0 bridgehead atoms. The maximum Gasteiger partial charge on any atom is 0.416 e. The second-order valence-corrected chi connectivity index (χ2v) is 9.95. The predicted octanol–water partition coefficient (Wildman–Crippen LogP) is 6.65. The fraction of sp³-hybridized carbons (Fsp3) is 0.464. The number of nitrogens with one attached hydrogen (secondary N) is 2. The average Bonchev–Trinajstić information content (AvgIpc) is 3.39. The molecule has 3 aromatic rings. The molecule has 0 radical (unpaired) electrons.